The fourth-order valence-corrected chi connectivity index (χ4v) is 6.08. The number of hydrogen-bond donors (Lipinski definition) is 1. The Balaban J connectivity index is 1.48. The number of rotatable bonds is 5. The first kappa shape index (κ1) is 21.7. The van der Waals surface area contributed by atoms with E-state index in [9.17, 15) is 13.2 Å². The van der Waals surface area contributed by atoms with Gasteiger partial charge in [-0.15, -0.1) is 0 Å². The standard InChI is InChI=1S/C24H31N3O3S/c1-18-7-8-21(17-23(18)27-15-5-6-16-31(27,29)30)24(28)25-19(2)20-9-11-22(12-10-20)26-13-3-4-14-26/h7-12,17,19H,3-6,13-16H2,1-2H3,(H,25,28)/t19-/m1/s1. The van der Waals surface area contributed by atoms with Crippen molar-refractivity contribution in [2.75, 3.05) is 34.6 Å². The molecular weight excluding hydrogens is 410 g/mol. The summed E-state index contributed by atoms with van der Waals surface area (Å²) < 4.78 is 26.5. The van der Waals surface area contributed by atoms with E-state index in [0.29, 0.717) is 24.2 Å². The van der Waals surface area contributed by atoms with Crippen LogP contribution in [0.2, 0.25) is 0 Å². The fraction of sp³-hybridized carbons (Fsp3) is 0.458. The van der Waals surface area contributed by atoms with Crippen molar-refractivity contribution < 1.29 is 13.2 Å². The zero-order chi connectivity index (χ0) is 22.0. The molecule has 7 heteroatoms. The van der Waals surface area contributed by atoms with Crippen LogP contribution in [0, 0.1) is 6.92 Å². The van der Waals surface area contributed by atoms with Crippen LogP contribution in [0.25, 0.3) is 0 Å². The van der Waals surface area contributed by atoms with E-state index in [1.54, 1.807) is 12.1 Å². The second-order valence-corrected chi connectivity index (χ2v) is 10.6. The van der Waals surface area contributed by atoms with Gasteiger partial charge in [-0.25, -0.2) is 8.42 Å². The number of benzene rings is 2. The summed E-state index contributed by atoms with van der Waals surface area (Å²) in [6.07, 6.45) is 4.00. The van der Waals surface area contributed by atoms with Crippen LogP contribution in [0.3, 0.4) is 0 Å². The highest BCUT2D eigenvalue weighted by Gasteiger charge is 2.27. The van der Waals surface area contributed by atoms with Crippen molar-refractivity contribution >= 4 is 27.3 Å². The van der Waals surface area contributed by atoms with E-state index in [2.05, 4.69) is 34.5 Å². The molecule has 0 spiro atoms. The lowest BCUT2D eigenvalue weighted by molar-refractivity contribution is 0.0940. The fourth-order valence-electron chi connectivity index (χ4n) is 4.39. The van der Waals surface area contributed by atoms with Crippen molar-refractivity contribution in [3.05, 3.63) is 59.2 Å². The van der Waals surface area contributed by atoms with Crippen LogP contribution in [0.1, 0.15) is 60.1 Å². The quantitative estimate of drug-likeness (QED) is 0.761. The van der Waals surface area contributed by atoms with Gasteiger partial charge in [0.25, 0.3) is 5.91 Å². The second-order valence-electron chi connectivity index (χ2n) is 8.58. The molecule has 0 aliphatic carbocycles. The number of carbonyl (C=O) groups excluding carboxylic acids is 1. The molecule has 2 aromatic carbocycles. The summed E-state index contributed by atoms with van der Waals surface area (Å²) in [5.41, 5.74) is 4.21. The summed E-state index contributed by atoms with van der Waals surface area (Å²) in [6.45, 7) is 6.52. The Labute approximate surface area is 185 Å². The summed E-state index contributed by atoms with van der Waals surface area (Å²) in [7, 11) is -3.32. The summed E-state index contributed by atoms with van der Waals surface area (Å²) in [4.78, 5) is 15.3. The monoisotopic (exact) mass is 441 g/mol. The van der Waals surface area contributed by atoms with Crippen LogP contribution >= 0.6 is 0 Å². The number of carbonyl (C=O) groups is 1. The Morgan fingerprint density at radius 2 is 1.65 bits per heavy atom. The normalized spacial score (nSPS) is 19.3. The number of aryl methyl sites for hydroxylation is 1. The molecule has 0 saturated carbocycles. The average molecular weight is 442 g/mol. The summed E-state index contributed by atoms with van der Waals surface area (Å²) in [5, 5.41) is 3.05. The smallest absolute Gasteiger partial charge is 0.251 e. The molecule has 1 amide bonds. The first-order valence-corrected chi connectivity index (χ1v) is 12.7. The molecule has 1 N–H and O–H groups in total. The van der Waals surface area contributed by atoms with Crippen molar-refractivity contribution in [3.8, 4) is 0 Å². The molecule has 4 rings (SSSR count). The van der Waals surface area contributed by atoms with Crippen molar-refractivity contribution in [1.29, 1.82) is 0 Å². The molecule has 2 fully saturated rings. The van der Waals surface area contributed by atoms with Crippen molar-refractivity contribution in [1.82, 2.24) is 5.32 Å². The van der Waals surface area contributed by atoms with Crippen LogP contribution in [-0.2, 0) is 10.0 Å². The lowest BCUT2D eigenvalue weighted by Crippen LogP contribution is -2.38. The second kappa shape index (κ2) is 8.91. The predicted molar refractivity (Wildman–Crippen MR) is 125 cm³/mol. The van der Waals surface area contributed by atoms with E-state index >= 15 is 0 Å². The average Bonchev–Trinajstić information content (AvgIpc) is 3.29. The van der Waals surface area contributed by atoms with Gasteiger partial charge in [-0.05, 0) is 74.9 Å². The van der Waals surface area contributed by atoms with Gasteiger partial charge in [0.15, 0.2) is 0 Å². The summed E-state index contributed by atoms with van der Waals surface area (Å²) >= 11 is 0. The highest BCUT2D eigenvalue weighted by atomic mass is 32.2. The van der Waals surface area contributed by atoms with Gasteiger partial charge in [-0.2, -0.15) is 0 Å². The number of sulfonamides is 1. The summed E-state index contributed by atoms with van der Waals surface area (Å²) in [6, 6.07) is 13.5. The topological polar surface area (TPSA) is 69.7 Å². The lowest BCUT2D eigenvalue weighted by Gasteiger charge is -2.29. The van der Waals surface area contributed by atoms with Crippen molar-refractivity contribution in [3.63, 3.8) is 0 Å². The number of anilines is 2. The molecule has 0 bridgehead atoms. The van der Waals surface area contributed by atoms with E-state index in [-0.39, 0.29) is 17.7 Å². The highest BCUT2D eigenvalue weighted by Crippen LogP contribution is 2.28. The van der Waals surface area contributed by atoms with E-state index in [4.69, 9.17) is 0 Å². The van der Waals surface area contributed by atoms with Gasteiger partial charge in [-0.1, -0.05) is 18.2 Å². The van der Waals surface area contributed by atoms with Gasteiger partial charge < -0.3 is 10.2 Å². The number of nitrogens with one attached hydrogen (secondary N) is 1. The minimum absolute atomic E-state index is 0.149. The highest BCUT2D eigenvalue weighted by molar-refractivity contribution is 7.92. The predicted octanol–water partition coefficient (Wildman–Crippen LogP) is 4.02. The third-order valence-corrected chi connectivity index (χ3v) is 8.16. The summed E-state index contributed by atoms with van der Waals surface area (Å²) in [5.74, 6) is -0.0420. The van der Waals surface area contributed by atoms with Gasteiger partial charge in [0.1, 0.15) is 0 Å². The van der Waals surface area contributed by atoms with Crippen LogP contribution in [0.5, 0.6) is 0 Å². The molecule has 2 heterocycles. The van der Waals surface area contributed by atoms with Crippen molar-refractivity contribution in [2.45, 2.75) is 45.6 Å². The maximum Gasteiger partial charge on any atom is 0.251 e. The maximum atomic E-state index is 12.9. The van der Waals surface area contributed by atoms with Crippen molar-refractivity contribution in [2.24, 2.45) is 0 Å². The van der Waals surface area contributed by atoms with Gasteiger partial charge in [0.2, 0.25) is 10.0 Å². The minimum Gasteiger partial charge on any atom is -0.372 e. The zero-order valence-corrected chi connectivity index (χ0v) is 19.1. The Morgan fingerprint density at radius 1 is 0.968 bits per heavy atom. The first-order valence-electron chi connectivity index (χ1n) is 11.1. The Morgan fingerprint density at radius 3 is 2.32 bits per heavy atom. The van der Waals surface area contributed by atoms with E-state index in [1.165, 1.54) is 22.8 Å². The van der Waals surface area contributed by atoms with Crippen LogP contribution in [-0.4, -0.2) is 39.7 Å². The third kappa shape index (κ3) is 4.71. The van der Waals surface area contributed by atoms with E-state index < -0.39 is 10.0 Å². The molecule has 0 aromatic heterocycles. The molecule has 31 heavy (non-hydrogen) atoms. The lowest BCUT2D eigenvalue weighted by atomic mass is 10.1. The van der Waals surface area contributed by atoms with Gasteiger partial charge in [0.05, 0.1) is 17.5 Å². The number of amides is 1. The molecule has 6 nitrogen and oxygen atoms in total. The minimum atomic E-state index is -3.32. The molecule has 166 valence electrons. The molecule has 2 aromatic rings. The number of hydrogen-bond acceptors (Lipinski definition) is 4. The molecule has 2 aliphatic rings. The molecule has 2 saturated heterocycles. The SMILES string of the molecule is Cc1ccc(C(=O)N[C@H](C)c2ccc(N3CCCC3)cc2)cc1N1CCCCS1(=O)=O. The van der Waals surface area contributed by atoms with E-state index in [1.807, 2.05) is 19.9 Å². The molecule has 0 unspecified atom stereocenters. The Hall–Kier alpha value is -2.54. The van der Waals surface area contributed by atoms with Gasteiger partial charge >= 0.3 is 0 Å². The third-order valence-electron chi connectivity index (χ3n) is 6.30. The van der Waals surface area contributed by atoms with E-state index in [0.717, 1.165) is 30.6 Å². The maximum absolute atomic E-state index is 12.9. The largest absolute Gasteiger partial charge is 0.372 e. The van der Waals surface area contributed by atoms with Crippen LogP contribution in [0.4, 0.5) is 11.4 Å². The zero-order valence-electron chi connectivity index (χ0n) is 18.3. The Kier molecular flexibility index (Phi) is 6.23. The molecule has 1 atom stereocenters. The molecule has 0 radical (unpaired) electrons. The Bertz CT molecular complexity index is 1040. The molecular formula is C24H31N3O3S. The first-order chi connectivity index (χ1) is 14.8. The van der Waals surface area contributed by atoms with Crippen LogP contribution < -0.4 is 14.5 Å². The van der Waals surface area contributed by atoms with Crippen LogP contribution in [0.15, 0.2) is 42.5 Å². The van der Waals surface area contributed by atoms with Gasteiger partial charge in [0, 0.05) is 30.9 Å². The number of nitrogens with zero attached hydrogens (tertiary/aromatic N) is 2. The van der Waals surface area contributed by atoms with Gasteiger partial charge in [-0.3, -0.25) is 9.10 Å². The molecule has 2 aliphatic heterocycles.